The first-order valence-electron chi connectivity index (χ1n) is 13.8. The van der Waals surface area contributed by atoms with Gasteiger partial charge in [-0.2, -0.15) is 17.5 Å². The van der Waals surface area contributed by atoms with Crippen molar-refractivity contribution in [2.24, 2.45) is 0 Å². The molecule has 2 aliphatic rings. The fourth-order valence-electron chi connectivity index (χ4n) is 5.93. The highest BCUT2D eigenvalue weighted by atomic mass is 35.5. The summed E-state index contributed by atoms with van der Waals surface area (Å²) in [6, 6.07) is 16.9. The molecule has 0 atom stereocenters. The highest BCUT2D eigenvalue weighted by Gasteiger charge is 2.51. The number of aromatic nitrogens is 2. The molecule has 1 saturated heterocycles. The van der Waals surface area contributed by atoms with Gasteiger partial charge in [0, 0.05) is 35.1 Å². The van der Waals surface area contributed by atoms with Crippen LogP contribution in [0, 0.1) is 0 Å². The number of halogens is 5. The molecule has 0 spiro atoms. The summed E-state index contributed by atoms with van der Waals surface area (Å²) in [6.45, 7) is -0.542. The standard InChI is InChI=1S/C30H28Cl2F3N3O4S/c1-42-26-17-21(29(39,19-4-8-22(31)9-5-19)20-6-10-23(32)11-7-20)16-25-27(26)36-28(18-2-3-18)38(25)24-12-14-37(15-13-24)43(40,41)30(33,34)35/h4-11,16-18,24,39H,2-3,12-15H2,1H3. The molecule has 43 heavy (non-hydrogen) atoms. The third-order valence-corrected chi connectivity index (χ3v) is 10.4. The van der Waals surface area contributed by atoms with Crippen molar-refractivity contribution in [3.63, 3.8) is 0 Å². The SMILES string of the molecule is COc1cc(C(O)(c2ccc(Cl)cc2)c2ccc(Cl)cc2)cc2c1nc(C1CC1)n2C1CCN(S(=O)(=O)C(F)(F)F)CC1. The quantitative estimate of drug-likeness (QED) is 0.217. The van der Waals surface area contributed by atoms with Crippen LogP contribution < -0.4 is 4.74 Å². The zero-order valence-electron chi connectivity index (χ0n) is 23.0. The van der Waals surface area contributed by atoms with E-state index in [1.807, 2.05) is 10.6 Å². The Hall–Kier alpha value is -2.83. The Morgan fingerprint density at radius 2 is 1.42 bits per heavy atom. The van der Waals surface area contributed by atoms with E-state index in [0.29, 0.717) is 47.8 Å². The van der Waals surface area contributed by atoms with Crippen LogP contribution >= 0.6 is 23.2 Å². The van der Waals surface area contributed by atoms with Gasteiger partial charge in [0.25, 0.3) is 0 Å². The lowest BCUT2D eigenvalue weighted by Crippen LogP contribution is -2.45. The fraction of sp³-hybridized carbons (Fsp3) is 0.367. The van der Waals surface area contributed by atoms with Gasteiger partial charge in [-0.05, 0) is 78.8 Å². The van der Waals surface area contributed by atoms with E-state index in [9.17, 15) is 26.7 Å². The number of piperidine rings is 1. The highest BCUT2D eigenvalue weighted by Crippen LogP contribution is 2.47. The predicted molar refractivity (Wildman–Crippen MR) is 158 cm³/mol. The molecule has 4 aromatic rings. The summed E-state index contributed by atoms with van der Waals surface area (Å²) in [6.07, 6.45) is 2.18. The van der Waals surface area contributed by atoms with Gasteiger partial charge in [0.05, 0.1) is 12.6 Å². The molecule has 2 fully saturated rings. The third-order valence-electron chi connectivity index (χ3n) is 8.31. The maximum absolute atomic E-state index is 13.2. The first kappa shape index (κ1) is 30.2. The average molecular weight is 655 g/mol. The molecular weight excluding hydrogens is 626 g/mol. The van der Waals surface area contributed by atoms with Crippen molar-refractivity contribution < 1.29 is 31.4 Å². The Morgan fingerprint density at radius 1 is 0.884 bits per heavy atom. The molecule has 0 bridgehead atoms. The van der Waals surface area contributed by atoms with Crippen LogP contribution in [0.4, 0.5) is 13.2 Å². The van der Waals surface area contributed by atoms with Crippen molar-refractivity contribution in [3.05, 3.63) is 93.2 Å². The number of methoxy groups -OCH3 is 1. The topological polar surface area (TPSA) is 84.7 Å². The second-order valence-corrected chi connectivity index (χ2v) is 13.8. The molecule has 6 rings (SSSR count). The summed E-state index contributed by atoms with van der Waals surface area (Å²) in [5.41, 5.74) is -4.25. The minimum atomic E-state index is -5.42. The minimum Gasteiger partial charge on any atom is -0.494 e. The van der Waals surface area contributed by atoms with Crippen LogP contribution in [0.25, 0.3) is 11.0 Å². The van der Waals surface area contributed by atoms with Crippen molar-refractivity contribution in [1.29, 1.82) is 0 Å². The summed E-state index contributed by atoms with van der Waals surface area (Å²) in [4.78, 5) is 4.93. The average Bonchev–Trinajstić information content (AvgIpc) is 3.76. The number of sulfonamides is 1. The number of imidazole rings is 1. The summed E-state index contributed by atoms with van der Waals surface area (Å²) in [7, 11) is -3.90. The number of hydrogen-bond acceptors (Lipinski definition) is 5. The van der Waals surface area contributed by atoms with E-state index in [1.54, 1.807) is 54.6 Å². The van der Waals surface area contributed by atoms with Crippen LogP contribution in [-0.4, -0.2) is 53.1 Å². The molecule has 13 heteroatoms. The van der Waals surface area contributed by atoms with Gasteiger partial charge in [0.1, 0.15) is 22.7 Å². The van der Waals surface area contributed by atoms with Crippen molar-refractivity contribution in [2.45, 2.75) is 48.8 Å². The highest BCUT2D eigenvalue weighted by molar-refractivity contribution is 7.90. The van der Waals surface area contributed by atoms with Gasteiger partial charge in [0.15, 0.2) is 0 Å². The van der Waals surface area contributed by atoms with Gasteiger partial charge in [0.2, 0.25) is 0 Å². The molecule has 1 aliphatic heterocycles. The van der Waals surface area contributed by atoms with Gasteiger partial charge in [-0.25, -0.2) is 13.4 Å². The Kier molecular flexibility index (Phi) is 7.70. The number of alkyl halides is 3. The molecule has 0 amide bonds. The van der Waals surface area contributed by atoms with Crippen molar-refractivity contribution in [1.82, 2.24) is 13.9 Å². The summed E-state index contributed by atoms with van der Waals surface area (Å²) < 4.78 is 72.2. The van der Waals surface area contributed by atoms with E-state index < -0.39 is 21.1 Å². The number of nitrogens with zero attached hydrogens (tertiary/aromatic N) is 3. The van der Waals surface area contributed by atoms with Crippen molar-refractivity contribution in [2.75, 3.05) is 20.2 Å². The van der Waals surface area contributed by atoms with Gasteiger partial charge < -0.3 is 14.4 Å². The Bertz CT molecular complexity index is 1720. The molecule has 2 heterocycles. The second kappa shape index (κ2) is 11.0. The number of benzene rings is 3. The summed E-state index contributed by atoms with van der Waals surface area (Å²) in [5.74, 6) is 1.37. The fourth-order valence-corrected chi connectivity index (χ4v) is 7.16. The van der Waals surface area contributed by atoms with Crippen LogP contribution in [0.3, 0.4) is 0 Å². The van der Waals surface area contributed by atoms with E-state index in [0.717, 1.165) is 18.7 Å². The minimum absolute atomic E-state index is 0.170. The zero-order valence-corrected chi connectivity index (χ0v) is 25.3. The molecule has 3 aromatic carbocycles. The van der Waals surface area contributed by atoms with E-state index >= 15 is 0 Å². The Morgan fingerprint density at radius 3 is 1.88 bits per heavy atom. The van der Waals surface area contributed by atoms with Crippen molar-refractivity contribution >= 4 is 44.3 Å². The third kappa shape index (κ3) is 5.29. The predicted octanol–water partition coefficient (Wildman–Crippen LogP) is 7.00. The van der Waals surface area contributed by atoms with Crippen LogP contribution in [0.15, 0.2) is 60.7 Å². The first-order valence-corrected chi connectivity index (χ1v) is 16.0. The van der Waals surface area contributed by atoms with Gasteiger partial charge in [-0.1, -0.05) is 47.5 Å². The number of hydrogen-bond donors (Lipinski definition) is 1. The van der Waals surface area contributed by atoms with E-state index in [1.165, 1.54) is 7.11 Å². The van der Waals surface area contributed by atoms with Crippen LogP contribution in [0.5, 0.6) is 5.75 Å². The lowest BCUT2D eigenvalue weighted by Gasteiger charge is -2.34. The normalized spacial score (nSPS) is 17.5. The number of aliphatic hydroxyl groups is 1. The molecule has 1 saturated carbocycles. The Balaban J connectivity index is 1.50. The largest absolute Gasteiger partial charge is 0.511 e. The zero-order chi connectivity index (χ0) is 30.7. The van der Waals surface area contributed by atoms with E-state index in [2.05, 4.69) is 0 Å². The van der Waals surface area contributed by atoms with Crippen LogP contribution in [-0.2, 0) is 15.6 Å². The summed E-state index contributed by atoms with van der Waals surface area (Å²) >= 11 is 12.3. The smallest absolute Gasteiger partial charge is 0.494 e. The molecule has 1 aromatic heterocycles. The van der Waals surface area contributed by atoms with Gasteiger partial charge in [-0.3, -0.25) is 0 Å². The van der Waals surface area contributed by atoms with Gasteiger partial charge >= 0.3 is 15.5 Å². The molecule has 1 aliphatic carbocycles. The molecule has 1 N–H and O–H groups in total. The molecule has 0 unspecified atom stereocenters. The first-order chi connectivity index (χ1) is 20.3. The maximum atomic E-state index is 13.2. The molecular formula is C30H28Cl2F3N3O4S. The van der Waals surface area contributed by atoms with Crippen molar-refractivity contribution in [3.8, 4) is 5.75 Å². The molecule has 7 nitrogen and oxygen atoms in total. The maximum Gasteiger partial charge on any atom is 0.511 e. The van der Waals surface area contributed by atoms with Crippen LogP contribution in [0.1, 0.15) is 60.2 Å². The van der Waals surface area contributed by atoms with E-state index in [4.69, 9.17) is 32.9 Å². The summed E-state index contributed by atoms with van der Waals surface area (Å²) in [5, 5.41) is 13.6. The lowest BCUT2D eigenvalue weighted by molar-refractivity contribution is -0.0496. The number of rotatable bonds is 7. The monoisotopic (exact) mass is 653 g/mol. The lowest BCUT2D eigenvalue weighted by atomic mass is 9.80. The van der Waals surface area contributed by atoms with Crippen LogP contribution in [0.2, 0.25) is 10.0 Å². The van der Waals surface area contributed by atoms with E-state index in [-0.39, 0.29) is 37.9 Å². The molecule has 228 valence electrons. The number of fused-ring (bicyclic) bond motifs is 1. The molecule has 0 radical (unpaired) electrons. The van der Waals surface area contributed by atoms with Gasteiger partial charge in [-0.15, -0.1) is 0 Å². The Labute approximate surface area is 256 Å². The number of ether oxygens (including phenoxy) is 1. The second-order valence-electron chi connectivity index (χ2n) is 11.0.